The number of halogens is 3. The number of hydrogen-bond donors (Lipinski definition) is 1. The molecule has 0 saturated heterocycles. The minimum Gasteiger partial charge on any atom is -1.00 e. The first-order valence-electron chi connectivity index (χ1n) is 4.56. The van der Waals surface area contributed by atoms with Gasteiger partial charge in [-0.2, -0.15) is 0 Å². The van der Waals surface area contributed by atoms with E-state index >= 15 is 0 Å². The van der Waals surface area contributed by atoms with Crippen LogP contribution in [-0.2, 0) is 0 Å². The van der Waals surface area contributed by atoms with Gasteiger partial charge in [0.2, 0.25) is 0 Å². The third-order valence-electron chi connectivity index (χ3n) is 1.78. The second-order valence-electron chi connectivity index (χ2n) is 3.32. The Morgan fingerprint density at radius 1 is 0.867 bits per heavy atom. The molecule has 0 aliphatic carbocycles. The molecular formula is C9H22BF3N2. The van der Waals surface area contributed by atoms with E-state index in [0.29, 0.717) is 0 Å². The Labute approximate surface area is 93.5 Å². The van der Waals surface area contributed by atoms with Gasteiger partial charge in [0.25, 0.3) is 0 Å². The monoisotopic (exact) mass is 226 g/mol. The second kappa shape index (κ2) is 23.5. The Bertz CT molecular complexity index is 87.8. The van der Waals surface area contributed by atoms with Crippen LogP contribution in [0.1, 0.15) is 25.7 Å². The first kappa shape index (κ1) is 29.3. The van der Waals surface area contributed by atoms with Crippen LogP contribution in [0.25, 0.3) is 0 Å². The van der Waals surface area contributed by atoms with Crippen LogP contribution in [-0.4, -0.2) is 47.5 Å². The van der Waals surface area contributed by atoms with Gasteiger partial charge >= 0.3 is 8.41 Å². The fourth-order valence-electron chi connectivity index (χ4n) is 1.08. The fourth-order valence-corrected chi connectivity index (χ4v) is 1.08. The molecule has 0 fully saturated rings. The zero-order valence-electron chi connectivity index (χ0n) is 9.90. The molecule has 0 spiro atoms. The van der Waals surface area contributed by atoms with Crippen molar-refractivity contribution >= 4 is 8.41 Å². The van der Waals surface area contributed by atoms with Gasteiger partial charge in [0.15, 0.2) is 0 Å². The standard InChI is InChI=1S/C9H22N2.B.3FH/c1-10-8-6-4-5-7-9-11(2)3;;;;/h10H,4-9H2,1-3H3;;3*1H/q;+3;;;/p-3. The van der Waals surface area contributed by atoms with E-state index in [0.717, 1.165) is 0 Å². The fraction of sp³-hybridized carbons (Fsp3) is 1.00. The third kappa shape index (κ3) is 31.6. The Kier molecular flexibility index (Phi) is 46.0. The van der Waals surface area contributed by atoms with Gasteiger partial charge in [-0.1, -0.05) is 12.8 Å². The molecule has 0 unspecified atom stereocenters. The van der Waals surface area contributed by atoms with Crippen molar-refractivity contribution in [3.63, 3.8) is 0 Å². The molecule has 0 atom stereocenters. The Morgan fingerprint density at radius 2 is 1.33 bits per heavy atom. The summed E-state index contributed by atoms with van der Waals surface area (Å²) in [7, 11) is 6.28. The minimum atomic E-state index is 0. The number of nitrogens with zero attached hydrogens (tertiary/aromatic N) is 1. The van der Waals surface area contributed by atoms with Crippen molar-refractivity contribution in [2.45, 2.75) is 25.7 Å². The van der Waals surface area contributed by atoms with E-state index in [1.165, 1.54) is 38.8 Å². The normalized spacial score (nSPS) is 8.00. The zero-order valence-corrected chi connectivity index (χ0v) is 9.90. The van der Waals surface area contributed by atoms with E-state index in [9.17, 15) is 0 Å². The van der Waals surface area contributed by atoms with E-state index in [1.54, 1.807) is 0 Å². The molecule has 0 aliphatic heterocycles. The van der Waals surface area contributed by atoms with E-state index < -0.39 is 0 Å². The third-order valence-corrected chi connectivity index (χ3v) is 1.78. The van der Waals surface area contributed by atoms with Gasteiger partial charge in [-0.05, 0) is 47.1 Å². The van der Waals surface area contributed by atoms with Gasteiger partial charge in [0.05, 0.1) is 0 Å². The summed E-state index contributed by atoms with van der Waals surface area (Å²) in [6.07, 6.45) is 5.41. The van der Waals surface area contributed by atoms with Gasteiger partial charge < -0.3 is 24.3 Å². The van der Waals surface area contributed by atoms with Crippen LogP contribution < -0.4 is 19.4 Å². The summed E-state index contributed by atoms with van der Waals surface area (Å²) < 4.78 is 0. The molecule has 0 aromatic carbocycles. The summed E-state index contributed by atoms with van der Waals surface area (Å²) in [5.74, 6) is 0. The van der Waals surface area contributed by atoms with E-state index in [4.69, 9.17) is 0 Å². The molecule has 0 aromatic heterocycles. The summed E-state index contributed by atoms with van der Waals surface area (Å²) in [5.41, 5.74) is 0. The average molecular weight is 226 g/mol. The van der Waals surface area contributed by atoms with Gasteiger partial charge in [0, 0.05) is 0 Å². The van der Waals surface area contributed by atoms with Crippen LogP contribution in [0.5, 0.6) is 0 Å². The maximum atomic E-state index is 3.16. The number of unbranched alkanes of at least 4 members (excludes halogenated alkanes) is 3. The van der Waals surface area contributed by atoms with Gasteiger partial charge in [-0.15, -0.1) is 0 Å². The minimum absolute atomic E-state index is 0. The number of nitrogens with one attached hydrogen (secondary N) is 1. The quantitative estimate of drug-likeness (QED) is 0.342. The summed E-state index contributed by atoms with van der Waals surface area (Å²) in [6.45, 7) is 2.40. The molecule has 92 valence electrons. The largest absolute Gasteiger partial charge is 3.00 e. The van der Waals surface area contributed by atoms with E-state index in [2.05, 4.69) is 24.3 Å². The van der Waals surface area contributed by atoms with Crippen molar-refractivity contribution in [2.75, 3.05) is 34.2 Å². The summed E-state index contributed by atoms with van der Waals surface area (Å²) >= 11 is 0. The van der Waals surface area contributed by atoms with Crippen LogP contribution in [0.4, 0.5) is 0 Å². The molecule has 0 saturated carbocycles. The van der Waals surface area contributed by atoms with Gasteiger partial charge in [-0.3, -0.25) is 0 Å². The topological polar surface area (TPSA) is 15.3 Å². The number of rotatable bonds is 7. The molecule has 15 heavy (non-hydrogen) atoms. The van der Waals surface area contributed by atoms with Crippen molar-refractivity contribution in [3.8, 4) is 0 Å². The summed E-state index contributed by atoms with van der Waals surface area (Å²) in [5, 5.41) is 3.16. The van der Waals surface area contributed by atoms with Crippen LogP contribution in [0, 0.1) is 0 Å². The molecule has 0 heterocycles. The van der Waals surface area contributed by atoms with Crippen molar-refractivity contribution in [2.24, 2.45) is 0 Å². The number of hydrogen-bond acceptors (Lipinski definition) is 2. The summed E-state index contributed by atoms with van der Waals surface area (Å²) in [6, 6.07) is 0. The molecule has 0 bridgehead atoms. The van der Waals surface area contributed by atoms with Crippen LogP contribution in [0.3, 0.4) is 0 Å². The summed E-state index contributed by atoms with van der Waals surface area (Å²) in [4.78, 5) is 2.25. The molecule has 2 nitrogen and oxygen atoms in total. The Morgan fingerprint density at radius 3 is 1.73 bits per heavy atom. The molecule has 1 N–H and O–H groups in total. The maximum absolute atomic E-state index is 3.16. The molecule has 0 aliphatic rings. The molecular weight excluding hydrogens is 204 g/mol. The van der Waals surface area contributed by atoms with Crippen molar-refractivity contribution < 1.29 is 14.1 Å². The second-order valence-corrected chi connectivity index (χ2v) is 3.32. The molecule has 0 aromatic rings. The van der Waals surface area contributed by atoms with E-state index in [1.807, 2.05) is 7.05 Å². The smallest absolute Gasteiger partial charge is 1.00 e. The Hall–Kier alpha value is -0.225. The van der Waals surface area contributed by atoms with Gasteiger partial charge in [-0.25, -0.2) is 0 Å². The zero-order chi connectivity index (χ0) is 8.53. The molecule has 0 rings (SSSR count). The van der Waals surface area contributed by atoms with Crippen molar-refractivity contribution in [3.05, 3.63) is 0 Å². The molecule has 0 amide bonds. The van der Waals surface area contributed by atoms with Crippen LogP contribution in [0.15, 0.2) is 0 Å². The van der Waals surface area contributed by atoms with Gasteiger partial charge in [0.1, 0.15) is 0 Å². The van der Waals surface area contributed by atoms with Crippen LogP contribution >= 0.6 is 0 Å². The SMILES string of the molecule is CNCCCCCCN(C)C.[B+3].[F-].[F-].[F-]. The first-order chi connectivity index (χ1) is 5.27. The predicted molar refractivity (Wildman–Crippen MR) is 56.7 cm³/mol. The van der Waals surface area contributed by atoms with Crippen LogP contribution in [0.2, 0.25) is 0 Å². The molecule has 6 heteroatoms. The average Bonchev–Trinajstić information content (AvgIpc) is 1.96. The van der Waals surface area contributed by atoms with Crippen molar-refractivity contribution in [1.82, 2.24) is 10.2 Å². The van der Waals surface area contributed by atoms with E-state index in [-0.39, 0.29) is 22.5 Å². The predicted octanol–water partition coefficient (Wildman–Crippen LogP) is -8.04. The first-order valence-corrected chi connectivity index (χ1v) is 4.56. The Balaban J connectivity index is -0.0000000833. The maximum Gasteiger partial charge on any atom is 3.00 e. The van der Waals surface area contributed by atoms with Crippen molar-refractivity contribution in [1.29, 1.82) is 0 Å². The molecule has 0 radical (unpaired) electrons.